The number of benzene rings is 1. The van der Waals surface area contributed by atoms with Crippen LogP contribution >= 0.6 is 0 Å². The Bertz CT molecular complexity index is 435. The second-order valence-corrected chi connectivity index (χ2v) is 5.42. The molecule has 0 saturated carbocycles. The molecule has 0 aliphatic carbocycles. The zero-order valence-corrected chi connectivity index (χ0v) is 13.4. The predicted octanol–water partition coefficient (Wildman–Crippen LogP) is 3.03. The first-order valence-corrected chi connectivity index (χ1v) is 7.74. The summed E-state index contributed by atoms with van der Waals surface area (Å²) in [5.74, 6) is 1.44. The molecule has 3 N–H and O–H groups in total. The van der Waals surface area contributed by atoms with E-state index in [0.717, 1.165) is 30.6 Å². The first-order chi connectivity index (χ1) is 10.1. The highest BCUT2D eigenvalue weighted by Crippen LogP contribution is 2.24. The number of para-hydroxylation sites is 1. The zero-order valence-electron chi connectivity index (χ0n) is 13.4. The number of rotatable bonds is 9. The van der Waals surface area contributed by atoms with Gasteiger partial charge in [0.05, 0.1) is 13.2 Å². The predicted molar refractivity (Wildman–Crippen MR) is 86.2 cm³/mol. The number of carbonyl (C=O) groups is 1. The average Bonchev–Trinajstić information content (AvgIpc) is 2.51. The Balaban J connectivity index is 2.50. The lowest BCUT2D eigenvalue weighted by Crippen LogP contribution is -2.27. The normalized spacial score (nSPS) is 13.5. The van der Waals surface area contributed by atoms with Crippen molar-refractivity contribution in [2.75, 3.05) is 13.7 Å². The lowest BCUT2D eigenvalue weighted by Gasteiger charge is -2.18. The Morgan fingerprint density at radius 2 is 2.05 bits per heavy atom. The SMILES string of the molecule is CCC(CCN)CCC(=O)NC(C)c1ccccc1OC. The molecule has 1 rings (SSSR count). The Morgan fingerprint density at radius 3 is 2.67 bits per heavy atom. The molecular weight excluding hydrogens is 264 g/mol. The molecule has 2 atom stereocenters. The molecule has 0 saturated heterocycles. The molecule has 118 valence electrons. The molecule has 0 bridgehead atoms. The third kappa shape index (κ3) is 5.76. The van der Waals surface area contributed by atoms with Crippen LogP contribution in [0.15, 0.2) is 24.3 Å². The van der Waals surface area contributed by atoms with Crippen LogP contribution in [0.3, 0.4) is 0 Å². The van der Waals surface area contributed by atoms with Crippen LogP contribution in [0.1, 0.15) is 51.1 Å². The number of amides is 1. The van der Waals surface area contributed by atoms with Crippen LogP contribution in [0.25, 0.3) is 0 Å². The molecular formula is C17H28N2O2. The van der Waals surface area contributed by atoms with E-state index in [1.807, 2.05) is 31.2 Å². The van der Waals surface area contributed by atoms with Crippen LogP contribution in [0, 0.1) is 5.92 Å². The minimum Gasteiger partial charge on any atom is -0.496 e. The van der Waals surface area contributed by atoms with Gasteiger partial charge in [-0.1, -0.05) is 31.5 Å². The van der Waals surface area contributed by atoms with Crippen molar-refractivity contribution >= 4 is 5.91 Å². The van der Waals surface area contributed by atoms with E-state index in [1.165, 1.54) is 0 Å². The summed E-state index contributed by atoms with van der Waals surface area (Å²) in [7, 11) is 1.64. The summed E-state index contributed by atoms with van der Waals surface area (Å²) >= 11 is 0. The molecule has 1 aromatic rings. The third-order valence-electron chi connectivity index (χ3n) is 3.91. The van der Waals surface area contributed by atoms with Gasteiger partial charge in [0, 0.05) is 12.0 Å². The van der Waals surface area contributed by atoms with E-state index in [4.69, 9.17) is 10.5 Å². The Morgan fingerprint density at radius 1 is 1.33 bits per heavy atom. The first kappa shape index (κ1) is 17.5. The number of nitrogens with two attached hydrogens (primary N) is 1. The minimum atomic E-state index is -0.0526. The molecule has 4 nitrogen and oxygen atoms in total. The minimum absolute atomic E-state index is 0.0526. The van der Waals surface area contributed by atoms with Gasteiger partial charge in [0.2, 0.25) is 5.91 Å². The van der Waals surface area contributed by atoms with E-state index in [-0.39, 0.29) is 11.9 Å². The standard InChI is InChI=1S/C17H28N2O2/c1-4-14(11-12-18)9-10-17(20)19-13(2)15-7-5-6-8-16(15)21-3/h5-8,13-14H,4,9-12,18H2,1-3H3,(H,19,20). The third-order valence-corrected chi connectivity index (χ3v) is 3.91. The maximum Gasteiger partial charge on any atom is 0.220 e. The van der Waals surface area contributed by atoms with Crippen molar-refractivity contribution in [1.82, 2.24) is 5.32 Å². The van der Waals surface area contributed by atoms with Crippen molar-refractivity contribution in [1.29, 1.82) is 0 Å². The largest absolute Gasteiger partial charge is 0.496 e. The molecule has 0 aromatic heterocycles. The molecule has 2 unspecified atom stereocenters. The Labute approximate surface area is 128 Å². The fourth-order valence-electron chi connectivity index (χ4n) is 2.54. The molecule has 0 fully saturated rings. The lowest BCUT2D eigenvalue weighted by atomic mass is 9.96. The summed E-state index contributed by atoms with van der Waals surface area (Å²) in [5, 5.41) is 3.04. The highest BCUT2D eigenvalue weighted by atomic mass is 16.5. The van der Waals surface area contributed by atoms with Crippen LogP contribution in [0.2, 0.25) is 0 Å². The van der Waals surface area contributed by atoms with Gasteiger partial charge in [0.1, 0.15) is 5.75 Å². The second-order valence-electron chi connectivity index (χ2n) is 5.42. The van der Waals surface area contributed by atoms with E-state index in [0.29, 0.717) is 18.9 Å². The van der Waals surface area contributed by atoms with Crippen LogP contribution in [0.5, 0.6) is 5.75 Å². The van der Waals surface area contributed by atoms with Crippen LogP contribution in [-0.2, 0) is 4.79 Å². The van der Waals surface area contributed by atoms with Crippen LogP contribution in [-0.4, -0.2) is 19.6 Å². The quantitative estimate of drug-likeness (QED) is 0.735. The van der Waals surface area contributed by atoms with E-state index in [9.17, 15) is 4.79 Å². The fourth-order valence-corrected chi connectivity index (χ4v) is 2.54. The zero-order chi connectivity index (χ0) is 15.7. The second kappa shape index (κ2) is 9.40. The van der Waals surface area contributed by atoms with Gasteiger partial charge in [0.25, 0.3) is 0 Å². The average molecular weight is 292 g/mol. The van der Waals surface area contributed by atoms with Gasteiger partial charge in [0.15, 0.2) is 0 Å². The smallest absolute Gasteiger partial charge is 0.220 e. The van der Waals surface area contributed by atoms with Crippen molar-refractivity contribution in [3.05, 3.63) is 29.8 Å². The molecule has 0 radical (unpaired) electrons. The van der Waals surface area contributed by atoms with E-state index < -0.39 is 0 Å². The van der Waals surface area contributed by atoms with Crippen molar-refractivity contribution < 1.29 is 9.53 Å². The molecule has 0 heterocycles. The summed E-state index contributed by atoms with van der Waals surface area (Å²) in [5.41, 5.74) is 6.59. The maximum atomic E-state index is 12.1. The highest BCUT2D eigenvalue weighted by Gasteiger charge is 2.14. The fraction of sp³-hybridized carbons (Fsp3) is 0.588. The highest BCUT2D eigenvalue weighted by molar-refractivity contribution is 5.76. The molecule has 21 heavy (non-hydrogen) atoms. The summed E-state index contributed by atoms with van der Waals surface area (Å²) in [6.07, 6.45) is 3.52. The summed E-state index contributed by atoms with van der Waals surface area (Å²) < 4.78 is 5.33. The van der Waals surface area contributed by atoms with Crippen LogP contribution in [0.4, 0.5) is 0 Å². The van der Waals surface area contributed by atoms with Crippen molar-refractivity contribution in [2.24, 2.45) is 11.7 Å². The van der Waals surface area contributed by atoms with E-state index in [2.05, 4.69) is 12.2 Å². The van der Waals surface area contributed by atoms with Gasteiger partial charge in [-0.05, 0) is 38.3 Å². The van der Waals surface area contributed by atoms with E-state index in [1.54, 1.807) is 7.11 Å². The summed E-state index contributed by atoms with van der Waals surface area (Å²) in [6.45, 7) is 4.82. The molecule has 4 heteroatoms. The summed E-state index contributed by atoms with van der Waals surface area (Å²) in [6, 6.07) is 7.72. The summed E-state index contributed by atoms with van der Waals surface area (Å²) in [4.78, 5) is 12.1. The topological polar surface area (TPSA) is 64.4 Å². The van der Waals surface area contributed by atoms with Gasteiger partial charge in [-0.3, -0.25) is 4.79 Å². The molecule has 0 spiro atoms. The number of hydrogen-bond donors (Lipinski definition) is 2. The molecule has 0 aliphatic heterocycles. The number of carbonyl (C=O) groups excluding carboxylic acids is 1. The van der Waals surface area contributed by atoms with Crippen molar-refractivity contribution in [2.45, 2.75) is 45.6 Å². The van der Waals surface area contributed by atoms with Gasteiger partial charge < -0.3 is 15.8 Å². The maximum absolute atomic E-state index is 12.1. The number of nitrogens with one attached hydrogen (secondary N) is 1. The Kier molecular flexibility index (Phi) is 7.83. The van der Waals surface area contributed by atoms with Crippen molar-refractivity contribution in [3.63, 3.8) is 0 Å². The lowest BCUT2D eigenvalue weighted by molar-refractivity contribution is -0.122. The molecule has 1 aromatic carbocycles. The Hall–Kier alpha value is -1.55. The van der Waals surface area contributed by atoms with Gasteiger partial charge in [-0.15, -0.1) is 0 Å². The van der Waals surface area contributed by atoms with E-state index >= 15 is 0 Å². The number of hydrogen-bond acceptors (Lipinski definition) is 3. The van der Waals surface area contributed by atoms with Gasteiger partial charge in [-0.2, -0.15) is 0 Å². The first-order valence-electron chi connectivity index (χ1n) is 7.74. The van der Waals surface area contributed by atoms with Crippen LogP contribution < -0.4 is 15.8 Å². The number of ether oxygens (including phenoxy) is 1. The monoisotopic (exact) mass is 292 g/mol. The molecule has 1 amide bonds. The van der Waals surface area contributed by atoms with Gasteiger partial charge >= 0.3 is 0 Å². The van der Waals surface area contributed by atoms with Crippen molar-refractivity contribution in [3.8, 4) is 5.75 Å². The number of methoxy groups -OCH3 is 1. The van der Waals surface area contributed by atoms with Gasteiger partial charge in [-0.25, -0.2) is 0 Å². The molecule has 0 aliphatic rings.